The lowest BCUT2D eigenvalue weighted by molar-refractivity contribution is -0.143. The predicted octanol–water partition coefficient (Wildman–Crippen LogP) is -0.665. The quantitative estimate of drug-likeness (QED) is 0.158. The summed E-state index contributed by atoms with van der Waals surface area (Å²) < 4.78 is 5.07. The van der Waals surface area contributed by atoms with Gasteiger partial charge in [0.05, 0.1) is 0 Å². The van der Waals surface area contributed by atoms with Gasteiger partial charge in [-0.1, -0.05) is 0 Å². The lowest BCUT2D eigenvalue weighted by Gasteiger charge is -2.26. The number of nitrogens with one attached hydrogen (secondary N) is 4. The monoisotopic (exact) mass is 428 g/mol. The standard InChI is InChI=1S/C18H32N6O6/c1-18(2,3)30-17(29)22-10-13(25)24-9-5-7-12(24)14(26)23-11(15(27)28)6-4-8-21-16(19)20/h11-12H,4-10H2,1-3H3,(H,22,29)(H,23,26)(H,27,28)(H4,19,20,21)/t11-,12-/m0/s1. The van der Waals surface area contributed by atoms with Gasteiger partial charge in [0.15, 0.2) is 5.96 Å². The van der Waals surface area contributed by atoms with Crippen molar-refractivity contribution in [2.45, 2.75) is 64.1 Å². The highest BCUT2D eigenvalue weighted by molar-refractivity contribution is 5.92. The van der Waals surface area contributed by atoms with E-state index >= 15 is 0 Å². The van der Waals surface area contributed by atoms with Crippen molar-refractivity contribution in [3.63, 3.8) is 0 Å². The Morgan fingerprint density at radius 1 is 1.27 bits per heavy atom. The van der Waals surface area contributed by atoms with Crippen LogP contribution in [0.1, 0.15) is 46.5 Å². The summed E-state index contributed by atoms with van der Waals surface area (Å²) in [7, 11) is 0. The minimum absolute atomic E-state index is 0.141. The fourth-order valence-electron chi connectivity index (χ4n) is 2.96. The van der Waals surface area contributed by atoms with E-state index in [0.29, 0.717) is 32.4 Å². The molecule has 0 aromatic carbocycles. The summed E-state index contributed by atoms with van der Waals surface area (Å²) in [4.78, 5) is 49.5. The van der Waals surface area contributed by atoms with Crippen LogP contribution in [0.4, 0.5) is 4.79 Å². The maximum absolute atomic E-state index is 12.6. The van der Waals surface area contributed by atoms with Gasteiger partial charge in [0, 0.05) is 13.1 Å². The number of hydrogen-bond acceptors (Lipinski definition) is 6. The smallest absolute Gasteiger partial charge is 0.408 e. The molecule has 1 fully saturated rings. The van der Waals surface area contributed by atoms with E-state index in [9.17, 15) is 24.3 Å². The van der Waals surface area contributed by atoms with Gasteiger partial charge in [-0.3, -0.25) is 15.0 Å². The molecule has 1 heterocycles. The second kappa shape index (κ2) is 11.2. The summed E-state index contributed by atoms with van der Waals surface area (Å²) in [6, 6.07) is -1.92. The number of hydrogen-bond donors (Lipinski definition) is 6. The number of ether oxygens (including phenoxy) is 1. The van der Waals surface area contributed by atoms with E-state index in [1.807, 2.05) is 0 Å². The number of carboxylic acid groups (broad SMARTS) is 1. The number of nitrogens with two attached hydrogens (primary N) is 1. The van der Waals surface area contributed by atoms with Crippen molar-refractivity contribution in [3.05, 3.63) is 0 Å². The third-order valence-corrected chi connectivity index (χ3v) is 4.26. The van der Waals surface area contributed by atoms with Crippen LogP contribution in [0.25, 0.3) is 0 Å². The number of amides is 3. The highest BCUT2D eigenvalue weighted by atomic mass is 16.6. The number of likely N-dealkylation sites (tertiary alicyclic amines) is 1. The van der Waals surface area contributed by atoms with Crippen molar-refractivity contribution >= 4 is 29.8 Å². The minimum atomic E-state index is -1.19. The molecule has 0 saturated carbocycles. The van der Waals surface area contributed by atoms with Crippen molar-refractivity contribution < 1.29 is 29.0 Å². The highest BCUT2D eigenvalue weighted by Gasteiger charge is 2.35. The molecule has 2 atom stereocenters. The van der Waals surface area contributed by atoms with E-state index in [2.05, 4.69) is 16.0 Å². The Bertz CT molecular complexity index is 662. The van der Waals surface area contributed by atoms with Crippen LogP contribution in [0.2, 0.25) is 0 Å². The summed E-state index contributed by atoms with van der Waals surface area (Å²) in [6.07, 6.45) is 0.784. The molecular formula is C18H32N6O6. The number of aliphatic carboxylic acids is 1. The average molecular weight is 428 g/mol. The van der Waals surface area contributed by atoms with Crippen molar-refractivity contribution in [2.24, 2.45) is 5.73 Å². The molecule has 3 amide bonds. The lowest BCUT2D eigenvalue weighted by Crippen LogP contribution is -2.52. The molecule has 0 radical (unpaired) electrons. The third kappa shape index (κ3) is 8.97. The molecule has 1 rings (SSSR count). The molecule has 1 aliphatic rings. The van der Waals surface area contributed by atoms with Crippen molar-refractivity contribution in [3.8, 4) is 0 Å². The molecule has 0 aliphatic carbocycles. The van der Waals surface area contributed by atoms with Crippen molar-refractivity contribution in [1.82, 2.24) is 20.9 Å². The lowest BCUT2D eigenvalue weighted by atomic mass is 10.1. The molecule has 12 nitrogen and oxygen atoms in total. The number of alkyl carbamates (subject to hydrolysis) is 1. The molecule has 0 bridgehead atoms. The molecule has 0 aromatic rings. The average Bonchev–Trinajstić information content (AvgIpc) is 3.10. The molecule has 1 saturated heterocycles. The van der Waals surface area contributed by atoms with Gasteiger partial charge in [-0.2, -0.15) is 0 Å². The van der Waals surface area contributed by atoms with Gasteiger partial charge in [-0.15, -0.1) is 0 Å². The van der Waals surface area contributed by atoms with E-state index in [4.69, 9.17) is 15.9 Å². The van der Waals surface area contributed by atoms with Crippen LogP contribution in [0.3, 0.4) is 0 Å². The maximum atomic E-state index is 12.6. The fraction of sp³-hybridized carbons (Fsp3) is 0.722. The van der Waals surface area contributed by atoms with Gasteiger partial charge in [0.2, 0.25) is 11.8 Å². The van der Waals surface area contributed by atoms with Crippen molar-refractivity contribution in [2.75, 3.05) is 19.6 Å². The first-order valence-corrected chi connectivity index (χ1v) is 9.78. The topological polar surface area (TPSA) is 187 Å². The predicted molar refractivity (Wildman–Crippen MR) is 108 cm³/mol. The summed E-state index contributed by atoms with van der Waals surface area (Å²) in [5, 5.41) is 23.8. The Morgan fingerprint density at radius 2 is 1.93 bits per heavy atom. The Morgan fingerprint density at radius 3 is 2.50 bits per heavy atom. The van der Waals surface area contributed by atoms with Crippen LogP contribution < -0.4 is 21.7 Å². The number of rotatable bonds is 9. The van der Waals surface area contributed by atoms with E-state index in [0.717, 1.165) is 0 Å². The van der Waals surface area contributed by atoms with Gasteiger partial charge < -0.3 is 36.4 Å². The molecule has 1 aliphatic heterocycles. The summed E-state index contributed by atoms with van der Waals surface area (Å²) >= 11 is 0. The van der Waals surface area contributed by atoms with Crippen LogP contribution in [-0.4, -0.2) is 77.2 Å². The molecule has 0 spiro atoms. The summed E-state index contributed by atoms with van der Waals surface area (Å²) in [5.41, 5.74) is 4.46. The van der Waals surface area contributed by atoms with Gasteiger partial charge in [0.25, 0.3) is 0 Å². The Kier molecular flexibility index (Phi) is 9.34. The Labute approximate surface area is 175 Å². The zero-order valence-electron chi connectivity index (χ0n) is 17.6. The van der Waals surface area contributed by atoms with Gasteiger partial charge in [-0.05, 0) is 46.5 Å². The third-order valence-electron chi connectivity index (χ3n) is 4.26. The van der Waals surface area contributed by atoms with Crippen LogP contribution in [0, 0.1) is 5.41 Å². The van der Waals surface area contributed by atoms with Crippen molar-refractivity contribution in [1.29, 1.82) is 5.41 Å². The second-order valence-corrected chi connectivity index (χ2v) is 7.98. The number of carboxylic acids is 1. The largest absolute Gasteiger partial charge is 0.480 e. The van der Waals surface area contributed by atoms with E-state index in [1.54, 1.807) is 20.8 Å². The second-order valence-electron chi connectivity index (χ2n) is 7.98. The summed E-state index contributed by atoms with van der Waals surface area (Å²) in [6.45, 7) is 5.42. The zero-order valence-corrected chi connectivity index (χ0v) is 17.6. The highest BCUT2D eigenvalue weighted by Crippen LogP contribution is 2.18. The first-order chi connectivity index (χ1) is 13.9. The van der Waals surface area contributed by atoms with Crippen LogP contribution in [-0.2, 0) is 19.1 Å². The number of carbonyl (C=O) groups is 4. The van der Waals surface area contributed by atoms with Gasteiger partial charge in [-0.25, -0.2) is 9.59 Å². The summed E-state index contributed by atoms with van der Waals surface area (Å²) in [5.74, 6) is -2.40. The fourth-order valence-corrected chi connectivity index (χ4v) is 2.96. The van der Waals surface area contributed by atoms with Crippen LogP contribution in [0.15, 0.2) is 0 Å². The SMILES string of the molecule is CC(C)(C)OC(=O)NCC(=O)N1CCC[C@H]1C(=O)N[C@@H](CCCNC(=N)N)C(=O)O. The maximum Gasteiger partial charge on any atom is 0.408 e. The molecular weight excluding hydrogens is 396 g/mol. The molecule has 7 N–H and O–H groups in total. The Hall–Kier alpha value is -3.05. The van der Waals surface area contributed by atoms with E-state index in [1.165, 1.54) is 4.90 Å². The number of nitrogens with zero attached hydrogens (tertiary/aromatic N) is 1. The first kappa shape index (κ1) is 25.0. The number of guanidine groups is 1. The van der Waals surface area contributed by atoms with E-state index in [-0.39, 0.29) is 18.9 Å². The van der Waals surface area contributed by atoms with E-state index < -0.39 is 41.6 Å². The van der Waals surface area contributed by atoms with Crippen LogP contribution in [0.5, 0.6) is 0 Å². The van der Waals surface area contributed by atoms with Gasteiger partial charge >= 0.3 is 12.1 Å². The molecule has 30 heavy (non-hydrogen) atoms. The molecule has 12 heteroatoms. The number of carbonyl (C=O) groups excluding carboxylic acids is 3. The molecule has 0 aromatic heterocycles. The van der Waals surface area contributed by atoms with Crippen LogP contribution >= 0.6 is 0 Å². The van der Waals surface area contributed by atoms with Gasteiger partial charge in [0.1, 0.15) is 24.2 Å². The molecule has 0 unspecified atom stereocenters. The first-order valence-electron chi connectivity index (χ1n) is 9.78. The zero-order chi connectivity index (χ0) is 22.9. The minimum Gasteiger partial charge on any atom is -0.480 e. The Balaban J connectivity index is 2.58. The normalized spacial score (nSPS) is 17.0. The molecule has 170 valence electrons.